The number of sulfonamides is 1. The highest BCUT2D eigenvalue weighted by molar-refractivity contribution is 7.89. The van der Waals surface area contributed by atoms with E-state index >= 15 is 0 Å². The van der Waals surface area contributed by atoms with Crippen molar-refractivity contribution in [3.63, 3.8) is 0 Å². The van der Waals surface area contributed by atoms with Crippen LogP contribution in [0.3, 0.4) is 0 Å². The Morgan fingerprint density at radius 3 is 2.62 bits per heavy atom. The van der Waals surface area contributed by atoms with Crippen molar-refractivity contribution in [2.75, 3.05) is 32.9 Å². The summed E-state index contributed by atoms with van der Waals surface area (Å²) in [6.45, 7) is 4.50. The molecule has 1 aromatic heterocycles. The second-order valence-electron chi connectivity index (χ2n) is 5.70. The Hall–Kier alpha value is -1.12. The van der Waals surface area contributed by atoms with Crippen LogP contribution in [0, 0.1) is 0 Å². The molecule has 0 spiro atoms. The van der Waals surface area contributed by atoms with Gasteiger partial charge in [-0.15, -0.1) is 0 Å². The van der Waals surface area contributed by atoms with Gasteiger partial charge in [0.15, 0.2) is 5.82 Å². The van der Waals surface area contributed by atoms with Gasteiger partial charge in [0.2, 0.25) is 10.0 Å². The zero-order valence-corrected chi connectivity index (χ0v) is 13.8. The van der Waals surface area contributed by atoms with Gasteiger partial charge in [-0.25, -0.2) is 8.42 Å². The summed E-state index contributed by atoms with van der Waals surface area (Å²) in [5.41, 5.74) is 5.80. The van der Waals surface area contributed by atoms with Crippen LogP contribution in [-0.2, 0) is 16.6 Å². The molecule has 120 valence electrons. The highest BCUT2D eigenvalue weighted by Crippen LogP contribution is 2.25. The maximum Gasteiger partial charge on any atom is 0.248 e. The summed E-state index contributed by atoms with van der Waals surface area (Å²) in [5, 5.41) is 4.09. The van der Waals surface area contributed by atoms with E-state index in [1.807, 2.05) is 6.92 Å². The van der Waals surface area contributed by atoms with Crippen LogP contribution < -0.4 is 5.73 Å². The summed E-state index contributed by atoms with van der Waals surface area (Å²) >= 11 is 0. The standard InChI is InChI=1S/C13H25N5O2S/c1-4-7-18-10-12(13(14)15-18)21(19,20)17(3)11-5-8-16(2)9-6-11/h10-11H,4-9H2,1-3H3,(H2,14,15). The van der Waals surface area contributed by atoms with Crippen molar-refractivity contribution in [3.8, 4) is 0 Å². The third-order valence-electron chi connectivity index (χ3n) is 4.07. The predicted octanol–water partition coefficient (Wildman–Crippen LogP) is 0.590. The molecule has 0 aromatic carbocycles. The number of nitrogens with two attached hydrogens (primary N) is 1. The molecular formula is C13H25N5O2S. The van der Waals surface area contributed by atoms with Gasteiger partial charge in [-0.1, -0.05) is 6.92 Å². The summed E-state index contributed by atoms with van der Waals surface area (Å²) in [4.78, 5) is 2.34. The lowest BCUT2D eigenvalue weighted by molar-refractivity contribution is 0.197. The van der Waals surface area contributed by atoms with Crippen molar-refractivity contribution >= 4 is 15.8 Å². The van der Waals surface area contributed by atoms with Crippen molar-refractivity contribution in [3.05, 3.63) is 6.20 Å². The molecule has 0 aliphatic carbocycles. The van der Waals surface area contributed by atoms with E-state index in [4.69, 9.17) is 5.73 Å². The molecule has 0 amide bonds. The van der Waals surface area contributed by atoms with Crippen LogP contribution in [-0.4, -0.2) is 60.6 Å². The molecule has 2 rings (SSSR count). The van der Waals surface area contributed by atoms with Crippen LogP contribution in [0.1, 0.15) is 26.2 Å². The van der Waals surface area contributed by atoms with Crippen LogP contribution in [0.4, 0.5) is 5.82 Å². The number of aryl methyl sites for hydroxylation is 1. The molecule has 1 aromatic rings. The van der Waals surface area contributed by atoms with Crippen molar-refractivity contribution in [2.24, 2.45) is 0 Å². The Labute approximate surface area is 126 Å². The molecule has 8 heteroatoms. The molecule has 0 radical (unpaired) electrons. The Bertz CT molecular complexity index is 575. The molecule has 1 aliphatic rings. The van der Waals surface area contributed by atoms with E-state index in [-0.39, 0.29) is 16.8 Å². The van der Waals surface area contributed by atoms with Gasteiger partial charge in [0.25, 0.3) is 0 Å². The molecule has 1 fully saturated rings. The van der Waals surface area contributed by atoms with E-state index in [1.165, 1.54) is 4.31 Å². The van der Waals surface area contributed by atoms with Crippen molar-refractivity contribution in [2.45, 2.75) is 43.7 Å². The summed E-state index contributed by atoms with van der Waals surface area (Å²) in [6.07, 6.45) is 4.11. The fourth-order valence-electron chi connectivity index (χ4n) is 2.67. The topological polar surface area (TPSA) is 84.5 Å². The zero-order chi connectivity index (χ0) is 15.6. The van der Waals surface area contributed by atoms with E-state index in [1.54, 1.807) is 17.9 Å². The van der Waals surface area contributed by atoms with Gasteiger partial charge in [0, 0.05) is 25.8 Å². The normalized spacial score (nSPS) is 18.5. The first-order chi connectivity index (χ1) is 9.86. The van der Waals surface area contributed by atoms with Crippen molar-refractivity contribution in [1.82, 2.24) is 19.0 Å². The van der Waals surface area contributed by atoms with E-state index in [2.05, 4.69) is 17.0 Å². The molecule has 2 heterocycles. The number of nitrogens with zero attached hydrogens (tertiary/aromatic N) is 4. The third kappa shape index (κ3) is 3.38. The number of piperidine rings is 1. The second kappa shape index (κ2) is 6.33. The summed E-state index contributed by atoms with van der Waals surface area (Å²) in [6, 6.07) is 0.0279. The van der Waals surface area contributed by atoms with Crippen LogP contribution in [0.5, 0.6) is 0 Å². The van der Waals surface area contributed by atoms with Gasteiger partial charge < -0.3 is 10.6 Å². The van der Waals surface area contributed by atoms with E-state index in [0.717, 1.165) is 32.4 Å². The average molecular weight is 315 g/mol. The third-order valence-corrected chi connectivity index (χ3v) is 5.99. The maximum absolute atomic E-state index is 12.7. The molecule has 0 atom stereocenters. The number of hydrogen-bond donors (Lipinski definition) is 1. The molecular weight excluding hydrogens is 290 g/mol. The summed E-state index contributed by atoms with van der Waals surface area (Å²) < 4.78 is 28.5. The van der Waals surface area contributed by atoms with Gasteiger partial charge in [-0.05, 0) is 39.4 Å². The number of likely N-dealkylation sites (tertiary alicyclic amines) is 1. The second-order valence-corrected chi connectivity index (χ2v) is 7.66. The number of anilines is 1. The molecule has 7 nitrogen and oxygen atoms in total. The summed E-state index contributed by atoms with van der Waals surface area (Å²) in [7, 11) is 0.116. The van der Waals surface area contributed by atoms with Gasteiger partial charge in [-0.3, -0.25) is 4.68 Å². The predicted molar refractivity (Wildman–Crippen MR) is 82.4 cm³/mol. The monoisotopic (exact) mass is 315 g/mol. The molecule has 21 heavy (non-hydrogen) atoms. The van der Waals surface area contributed by atoms with Crippen LogP contribution in [0.15, 0.2) is 11.1 Å². The zero-order valence-electron chi connectivity index (χ0n) is 13.0. The van der Waals surface area contributed by atoms with Gasteiger partial charge >= 0.3 is 0 Å². The molecule has 0 saturated carbocycles. The molecule has 2 N–H and O–H groups in total. The first-order valence-electron chi connectivity index (χ1n) is 7.35. The Morgan fingerprint density at radius 1 is 1.43 bits per heavy atom. The highest BCUT2D eigenvalue weighted by Gasteiger charge is 2.32. The first kappa shape index (κ1) is 16.3. The average Bonchev–Trinajstić information content (AvgIpc) is 2.81. The maximum atomic E-state index is 12.7. The largest absolute Gasteiger partial charge is 0.381 e. The van der Waals surface area contributed by atoms with Gasteiger partial charge in [0.1, 0.15) is 4.90 Å². The highest BCUT2D eigenvalue weighted by atomic mass is 32.2. The first-order valence-corrected chi connectivity index (χ1v) is 8.79. The Kier molecular flexibility index (Phi) is 4.90. The lowest BCUT2D eigenvalue weighted by atomic mass is 10.1. The number of aromatic nitrogens is 2. The van der Waals surface area contributed by atoms with E-state index in [9.17, 15) is 8.42 Å². The number of rotatable bonds is 5. The van der Waals surface area contributed by atoms with Crippen LogP contribution in [0.2, 0.25) is 0 Å². The minimum absolute atomic E-state index is 0.0279. The molecule has 0 bridgehead atoms. The fraction of sp³-hybridized carbons (Fsp3) is 0.769. The van der Waals surface area contributed by atoms with Crippen molar-refractivity contribution < 1.29 is 8.42 Å². The van der Waals surface area contributed by atoms with Crippen LogP contribution in [0.25, 0.3) is 0 Å². The van der Waals surface area contributed by atoms with Crippen LogP contribution >= 0.6 is 0 Å². The van der Waals surface area contributed by atoms with E-state index < -0.39 is 10.0 Å². The Morgan fingerprint density at radius 2 is 2.05 bits per heavy atom. The fourth-order valence-corrected chi connectivity index (χ4v) is 4.14. The summed E-state index contributed by atoms with van der Waals surface area (Å²) in [5.74, 6) is 0.0863. The Balaban J connectivity index is 2.20. The molecule has 1 aliphatic heterocycles. The smallest absolute Gasteiger partial charge is 0.248 e. The van der Waals surface area contributed by atoms with Crippen molar-refractivity contribution in [1.29, 1.82) is 0 Å². The molecule has 0 unspecified atom stereocenters. The molecule has 1 saturated heterocycles. The SMILES string of the molecule is CCCn1cc(S(=O)(=O)N(C)C2CCN(C)CC2)c(N)n1. The number of hydrogen-bond acceptors (Lipinski definition) is 5. The lowest BCUT2D eigenvalue weighted by Gasteiger charge is -2.34. The quantitative estimate of drug-likeness (QED) is 0.859. The van der Waals surface area contributed by atoms with E-state index in [0.29, 0.717) is 6.54 Å². The minimum Gasteiger partial charge on any atom is -0.381 e. The lowest BCUT2D eigenvalue weighted by Crippen LogP contribution is -2.44. The van der Waals surface area contributed by atoms with Gasteiger partial charge in [0.05, 0.1) is 0 Å². The van der Waals surface area contributed by atoms with Gasteiger partial charge in [-0.2, -0.15) is 9.40 Å². The number of nitrogen functional groups attached to an aromatic ring is 1. The minimum atomic E-state index is -3.58.